The molecule has 1 aliphatic carbocycles. The van der Waals surface area contributed by atoms with Crippen LogP contribution in [0.4, 0.5) is 0 Å². The Morgan fingerprint density at radius 2 is 1.22 bits per heavy atom. The summed E-state index contributed by atoms with van der Waals surface area (Å²) in [5.74, 6) is 0. The van der Waals surface area contributed by atoms with Crippen LogP contribution in [0.3, 0.4) is 0 Å². The molecule has 2 aliphatic rings. The van der Waals surface area contributed by atoms with Gasteiger partial charge in [0.25, 0.3) is 0 Å². The molecule has 1 heterocycles. The van der Waals surface area contributed by atoms with Gasteiger partial charge in [0.2, 0.25) is 0 Å². The molecular formula is C31H51Cl2MnN7. The van der Waals surface area contributed by atoms with E-state index in [0.717, 1.165) is 71.9 Å². The van der Waals surface area contributed by atoms with Crippen molar-refractivity contribution in [3.8, 4) is 0 Å². The number of nitrogens with one attached hydrogen (secondary N) is 7. The summed E-state index contributed by atoms with van der Waals surface area (Å²) in [4.78, 5) is 0. The predicted molar refractivity (Wildman–Crippen MR) is 171 cm³/mol. The van der Waals surface area contributed by atoms with Crippen LogP contribution >= 0.6 is 20.2 Å². The third-order valence-electron chi connectivity index (χ3n) is 7.89. The normalized spacial score (nSPS) is 24.6. The molecule has 1 aliphatic heterocycles. The number of fused-ring (bicyclic) bond motifs is 1. The molecule has 0 radical (unpaired) electrons. The molecule has 2 aromatic carbocycles. The molecule has 1 saturated heterocycles. The molecule has 7 nitrogen and oxygen atoms in total. The monoisotopic (exact) mass is 646 g/mol. The maximum Gasteiger partial charge on any atom is 0.0318 e. The first kappa shape index (κ1) is 34.7. The van der Waals surface area contributed by atoms with Gasteiger partial charge in [-0.25, -0.2) is 0 Å². The van der Waals surface area contributed by atoms with E-state index in [2.05, 4.69) is 97.9 Å². The van der Waals surface area contributed by atoms with E-state index in [1.807, 2.05) is 0 Å². The summed E-state index contributed by atoms with van der Waals surface area (Å²) >= 11 is 0.00694. The van der Waals surface area contributed by atoms with Gasteiger partial charge in [-0.05, 0) is 36.9 Å². The fourth-order valence-electron chi connectivity index (χ4n) is 5.64. The van der Waals surface area contributed by atoms with Gasteiger partial charge >= 0.3 is 33.3 Å². The van der Waals surface area contributed by atoms with E-state index in [0.29, 0.717) is 24.2 Å². The van der Waals surface area contributed by atoms with Gasteiger partial charge in [-0.1, -0.05) is 73.5 Å². The molecule has 0 unspecified atom stereocenters. The zero-order valence-corrected chi connectivity index (χ0v) is 27.0. The van der Waals surface area contributed by atoms with E-state index >= 15 is 0 Å². The summed E-state index contributed by atoms with van der Waals surface area (Å²) in [5.41, 5.74) is 2.68. The molecule has 231 valence electrons. The van der Waals surface area contributed by atoms with E-state index in [9.17, 15) is 0 Å². The summed E-state index contributed by atoms with van der Waals surface area (Å²) in [5, 5.41) is 26.5. The summed E-state index contributed by atoms with van der Waals surface area (Å²) in [7, 11) is 9.59. The Hall–Kier alpha value is -0.741. The van der Waals surface area contributed by atoms with Crippen molar-refractivity contribution in [3.05, 3.63) is 71.8 Å². The van der Waals surface area contributed by atoms with Gasteiger partial charge in [0.15, 0.2) is 0 Å². The van der Waals surface area contributed by atoms with Crippen molar-refractivity contribution in [2.75, 3.05) is 52.4 Å². The smallest absolute Gasteiger partial charge is 0.0318 e. The molecule has 41 heavy (non-hydrogen) atoms. The van der Waals surface area contributed by atoms with Crippen LogP contribution in [0.25, 0.3) is 0 Å². The summed E-state index contributed by atoms with van der Waals surface area (Å²) in [6.07, 6.45) is 6.35. The Morgan fingerprint density at radius 1 is 0.659 bits per heavy atom. The minimum absolute atomic E-state index is 0.00694. The third kappa shape index (κ3) is 15.5. The number of halogens is 2. The van der Waals surface area contributed by atoms with Gasteiger partial charge < -0.3 is 37.2 Å². The molecule has 4 atom stereocenters. The number of rotatable bonds is 9. The zero-order chi connectivity index (χ0) is 28.8. The van der Waals surface area contributed by atoms with Crippen LogP contribution in [0.1, 0.15) is 43.2 Å². The molecule has 0 aromatic heterocycles. The van der Waals surface area contributed by atoms with Crippen molar-refractivity contribution in [2.24, 2.45) is 0 Å². The molecule has 0 spiro atoms. The van der Waals surface area contributed by atoms with E-state index < -0.39 is 0 Å². The van der Waals surface area contributed by atoms with Crippen LogP contribution in [0.2, 0.25) is 0 Å². The van der Waals surface area contributed by atoms with E-state index in [1.165, 1.54) is 36.8 Å². The SMILES string of the molecule is [Cl][Mn][Cl].c1ccc(CNCC[C@H]2CN[C@@H]3CCCC[C@H]3NCCNCCN[C@H](CNCc3ccccc3)CN2)cc1. The quantitative estimate of drug-likeness (QED) is 0.166. The standard InChI is InChI=1S/C31H51N7.2ClH.Mn/c1-3-9-26(10-4-1)21-33-16-15-28-24-38-31-14-8-7-13-30(31)36-20-18-32-17-19-35-29(25-37-28)23-34-22-27-11-5-2-6-12-27;;;/h1-6,9-12,28-38H,7-8,13-25H2;2*1H;/q;;;+2/p-2/t28-,29+,30+,31+;;;/m0.../s1. The minimum Gasteiger partial charge on any atom is -0.314 e. The maximum absolute atomic E-state index is 4.80. The van der Waals surface area contributed by atoms with Gasteiger partial charge in [0.1, 0.15) is 0 Å². The first-order valence-electron chi connectivity index (χ1n) is 15.3. The third-order valence-corrected chi connectivity index (χ3v) is 7.89. The van der Waals surface area contributed by atoms with Gasteiger partial charge in [-0.3, -0.25) is 0 Å². The first-order valence-corrected chi connectivity index (χ1v) is 18.5. The van der Waals surface area contributed by atoms with Crippen molar-refractivity contribution in [2.45, 2.75) is 69.4 Å². The van der Waals surface area contributed by atoms with E-state index in [4.69, 9.17) is 20.2 Å². The second-order valence-corrected chi connectivity index (χ2v) is 12.9. The van der Waals surface area contributed by atoms with Crippen LogP contribution < -0.4 is 37.2 Å². The predicted octanol–water partition coefficient (Wildman–Crippen LogP) is 3.34. The fraction of sp³-hybridized carbons (Fsp3) is 0.613. The van der Waals surface area contributed by atoms with Crippen molar-refractivity contribution in [1.29, 1.82) is 0 Å². The molecule has 0 amide bonds. The van der Waals surface area contributed by atoms with Crippen molar-refractivity contribution in [3.63, 3.8) is 0 Å². The van der Waals surface area contributed by atoms with Gasteiger partial charge in [-0.15, -0.1) is 0 Å². The van der Waals surface area contributed by atoms with Gasteiger partial charge in [0.05, 0.1) is 0 Å². The Bertz CT molecular complexity index is 883. The number of benzene rings is 2. The average Bonchev–Trinajstić information content (AvgIpc) is 3.01. The summed E-state index contributed by atoms with van der Waals surface area (Å²) in [6.45, 7) is 9.79. The van der Waals surface area contributed by atoms with Gasteiger partial charge in [-0.2, -0.15) is 0 Å². The molecule has 0 bridgehead atoms. The number of hydrogen-bond acceptors (Lipinski definition) is 7. The molecule has 7 N–H and O–H groups in total. The molecular weight excluding hydrogens is 596 g/mol. The fourth-order valence-corrected chi connectivity index (χ4v) is 5.64. The Kier molecular flexibility index (Phi) is 19.3. The van der Waals surface area contributed by atoms with Gasteiger partial charge in [0, 0.05) is 83.1 Å². The Morgan fingerprint density at radius 3 is 1.88 bits per heavy atom. The van der Waals surface area contributed by atoms with Crippen LogP contribution in [-0.2, 0) is 26.2 Å². The molecule has 2 fully saturated rings. The minimum atomic E-state index is 0.00694. The first-order chi connectivity index (χ1) is 20.3. The van der Waals surface area contributed by atoms with Crippen LogP contribution in [0, 0.1) is 0 Å². The van der Waals surface area contributed by atoms with Crippen molar-refractivity contribution >= 4 is 20.2 Å². The maximum atomic E-state index is 4.80. The molecule has 1 saturated carbocycles. The van der Waals surface area contributed by atoms with Crippen molar-refractivity contribution in [1.82, 2.24) is 37.2 Å². The second kappa shape index (κ2) is 22.8. The van der Waals surface area contributed by atoms with Crippen LogP contribution in [0.15, 0.2) is 60.7 Å². The van der Waals surface area contributed by atoms with Crippen LogP contribution in [-0.4, -0.2) is 76.5 Å². The Balaban J connectivity index is 0.00000147. The van der Waals surface area contributed by atoms with E-state index in [1.54, 1.807) is 0 Å². The molecule has 10 heteroatoms. The molecule has 2 aromatic rings. The van der Waals surface area contributed by atoms with Crippen molar-refractivity contribution < 1.29 is 13.1 Å². The molecule has 4 rings (SSSR count). The Labute approximate surface area is 263 Å². The summed E-state index contributed by atoms with van der Waals surface area (Å²) < 4.78 is 0. The van der Waals surface area contributed by atoms with Crippen LogP contribution in [0.5, 0.6) is 0 Å². The zero-order valence-electron chi connectivity index (χ0n) is 24.3. The van der Waals surface area contributed by atoms with E-state index in [-0.39, 0.29) is 13.1 Å². The largest absolute Gasteiger partial charge is 0.314 e. The topological polar surface area (TPSA) is 84.2 Å². The number of hydrogen-bond donors (Lipinski definition) is 7. The summed E-state index contributed by atoms with van der Waals surface area (Å²) in [6, 6.07) is 23.4. The second-order valence-electron chi connectivity index (χ2n) is 11.0. The average molecular weight is 648 g/mol.